The lowest BCUT2D eigenvalue weighted by atomic mass is 10.2. The molecule has 0 aliphatic heterocycles. The molecular weight excluding hydrogens is 272 g/mol. The van der Waals surface area contributed by atoms with Crippen LogP contribution in [0.5, 0.6) is 0 Å². The van der Waals surface area contributed by atoms with Crippen molar-refractivity contribution in [3.05, 3.63) is 72.3 Å². The standard InChI is InChI=1S/C15H14N2O2S/c1-12-8-10-15(11-9-12)20(18,19)17-16-13(2)14-6-4-3-5-7-14/h3-11H,2H2,1H3. The first-order valence-corrected chi connectivity index (χ1v) is 7.42. The Labute approximate surface area is 118 Å². The third-order valence-corrected chi connectivity index (χ3v) is 3.86. The molecule has 0 saturated heterocycles. The largest absolute Gasteiger partial charge is 0.299 e. The molecule has 0 heterocycles. The topological polar surface area (TPSA) is 58.9 Å². The van der Waals surface area contributed by atoms with Crippen molar-refractivity contribution in [1.29, 1.82) is 0 Å². The monoisotopic (exact) mass is 286 g/mol. The summed E-state index contributed by atoms with van der Waals surface area (Å²) in [5.41, 5.74) is 2.02. The van der Waals surface area contributed by atoms with E-state index in [9.17, 15) is 8.42 Å². The zero-order valence-corrected chi connectivity index (χ0v) is 11.8. The first-order chi connectivity index (χ1) is 9.49. The molecule has 0 aliphatic rings. The number of hydrogen-bond donors (Lipinski definition) is 0. The normalized spacial score (nSPS) is 11.7. The summed E-state index contributed by atoms with van der Waals surface area (Å²) in [5.74, 6) is 0. The van der Waals surface area contributed by atoms with Gasteiger partial charge in [-0.3, -0.25) is 0 Å². The Bertz CT molecular complexity index is 733. The van der Waals surface area contributed by atoms with Crippen LogP contribution in [0.15, 0.2) is 75.7 Å². The molecule has 0 fully saturated rings. The van der Waals surface area contributed by atoms with Gasteiger partial charge in [0.1, 0.15) is 0 Å². The number of benzene rings is 2. The predicted molar refractivity (Wildman–Crippen MR) is 78.7 cm³/mol. The molecule has 2 aromatic rings. The van der Waals surface area contributed by atoms with E-state index < -0.39 is 10.0 Å². The van der Waals surface area contributed by atoms with Gasteiger partial charge in [-0.1, -0.05) is 59.1 Å². The molecule has 4 nitrogen and oxygen atoms in total. The SMILES string of the molecule is C=C(N=NS(=O)(=O)c1ccc(C)cc1)c1ccccc1. The summed E-state index contributed by atoms with van der Waals surface area (Å²) in [4.78, 5) is 0.118. The highest BCUT2D eigenvalue weighted by molar-refractivity contribution is 7.90. The van der Waals surface area contributed by atoms with Crippen molar-refractivity contribution in [2.75, 3.05) is 0 Å². The Hall–Kier alpha value is -2.27. The first kappa shape index (κ1) is 14.1. The summed E-state index contributed by atoms with van der Waals surface area (Å²) in [7, 11) is -3.78. The molecule has 0 atom stereocenters. The van der Waals surface area contributed by atoms with Crippen LogP contribution in [0, 0.1) is 6.92 Å². The second-order valence-electron chi connectivity index (χ2n) is 4.28. The minimum atomic E-state index is -3.78. The molecule has 0 radical (unpaired) electrons. The van der Waals surface area contributed by atoms with Gasteiger partial charge in [-0.05, 0) is 19.1 Å². The van der Waals surface area contributed by atoms with Crippen LogP contribution in [0.2, 0.25) is 0 Å². The van der Waals surface area contributed by atoms with Crippen LogP contribution in [0.3, 0.4) is 0 Å². The molecule has 0 aliphatic carbocycles. The molecule has 0 N–H and O–H groups in total. The third-order valence-electron chi connectivity index (χ3n) is 2.69. The van der Waals surface area contributed by atoms with Gasteiger partial charge in [-0.15, -0.1) is 5.11 Å². The Kier molecular flexibility index (Phi) is 4.10. The zero-order valence-electron chi connectivity index (χ0n) is 11.0. The van der Waals surface area contributed by atoms with E-state index in [0.717, 1.165) is 11.1 Å². The molecule has 5 heteroatoms. The Morgan fingerprint density at radius 2 is 1.60 bits per heavy atom. The van der Waals surface area contributed by atoms with Crippen molar-refractivity contribution < 1.29 is 8.42 Å². The Balaban J connectivity index is 2.22. The van der Waals surface area contributed by atoms with E-state index in [0.29, 0.717) is 5.70 Å². The van der Waals surface area contributed by atoms with Crippen LogP contribution >= 0.6 is 0 Å². The van der Waals surface area contributed by atoms with Crippen molar-refractivity contribution in [2.24, 2.45) is 9.63 Å². The molecule has 0 amide bonds. The first-order valence-electron chi connectivity index (χ1n) is 5.98. The molecule has 2 aromatic carbocycles. The molecule has 0 saturated carbocycles. The molecule has 0 spiro atoms. The average molecular weight is 286 g/mol. The van der Waals surface area contributed by atoms with Crippen LogP contribution in [0.4, 0.5) is 0 Å². The molecule has 0 aromatic heterocycles. The molecule has 0 unspecified atom stereocenters. The van der Waals surface area contributed by atoms with Gasteiger partial charge in [-0.25, -0.2) is 0 Å². The molecule has 2 rings (SSSR count). The van der Waals surface area contributed by atoms with Gasteiger partial charge < -0.3 is 0 Å². The van der Waals surface area contributed by atoms with Crippen molar-refractivity contribution in [3.63, 3.8) is 0 Å². The second-order valence-corrected chi connectivity index (χ2v) is 5.87. The summed E-state index contributed by atoms with van der Waals surface area (Å²) in [5, 5.41) is 3.71. The van der Waals surface area contributed by atoms with Gasteiger partial charge in [0.2, 0.25) is 0 Å². The van der Waals surface area contributed by atoms with E-state index in [-0.39, 0.29) is 4.90 Å². The van der Waals surface area contributed by atoms with Gasteiger partial charge in [-0.2, -0.15) is 8.42 Å². The lowest BCUT2D eigenvalue weighted by Gasteiger charge is -2.00. The molecular formula is C15H14N2O2S. The number of hydrogen-bond acceptors (Lipinski definition) is 3. The molecule has 0 bridgehead atoms. The minimum absolute atomic E-state index is 0.118. The summed E-state index contributed by atoms with van der Waals surface area (Å²) < 4.78 is 27.4. The number of nitrogens with zero attached hydrogens (tertiary/aromatic N) is 2. The van der Waals surface area contributed by atoms with Crippen LogP contribution in [0.1, 0.15) is 11.1 Å². The highest BCUT2D eigenvalue weighted by atomic mass is 32.2. The lowest BCUT2D eigenvalue weighted by molar-refractivity contribution is 0.595. The van der Waals surface area contributed by atoms with Crippen LogP contribution < -0.4 is 0 Å². The Morgan fingerprint density at radius 1 is 1.00 bits per heavy atom. The van der Waals surface area contributed by atoms with Crippen LogP contribution in [-0.4, -0.2) is 8.42 Å². The van der Waals surface area contributed by atoms with Gasteiger partial charge >= 0.3 is 0 Å². The number of aryl methyl sites for hydroxylation is 1. The van der Waals surface area contributed by atoms with Crippen LogP contribution in [-0.2, 0) is 10.0 Å². The number of rotatable bonds is 4. The van der Waals surface area contributed by atoms with E-state index in [1.165, 1.54) is 12.1 Å². The average Bonchev–Trinajstić information content (AvgIpc) is 2.46. The molecule has 102 valence electrons. The fourth-order valence-corrected chi connectivity index (χ4v) is 2.33. The van der Waals surface area contributed by atoms with Gasteiger partial charge in [0.15, 0.2) is 0 Å². The van der Waals surface area contributed by atoms with Gasteiger partial charge in [0, 0.05) is 5.56 Å². The summed E-state index contributed by atoms with van der Waals surface area (Å²) in [6, 6.07) is 15.5. The van der Waals surface area contributed by atoms with Crippen molar-refractivity contribution in [2.45, 2.75) is 11.8 Å². The minimum Gasteiger partial charge on any atom is -0.198 e. The number of sulfonamides is 1. The van der Waals surface area contributed by atoms with Crippen molar-refractivity contribution >= 4 is 15.7 Å². The van der Waals surface area contributed by atoms with E-state index in [1.807, 2.05) is 25.1 Å². The fraction of sp³-hybridized carbons (Fsp3) is 0.0667. The quantitative estimate of drug-likeness (QED) is 0.802. The van der Waals surface area contributed by atoms with E-state index >= 15 is 0 Å². The Morgan fingerprint density at radius 3 is 2.20 bits per heavy atom. The van der Waals surface area contributed by atoms with Gasteiger partial charge in [0.05, 0.1) is 10.6 Å². The summed E-state index contributed by atoms with van der Waals surface area (Å²) >= 11 is 0. The van der Waals surface area contributed by atoms with Crippen LogP contribution in [0.25, 0.3) is 5.70 Å². The van der Waals surface area contributed by atoms with E-state index in [1.54, 1.807) is 24.3 Å². The highest BCUT2D eigenvalue weighted by Crippen LogP contribution is 2.18. The lowest BCUT2D eigenvalue weighted by Crippen LogP contribution is -1.95. The van der Waals surface area contributed by atoms with Crippen molar-refractivity contribution in [1.82, 2.24) is 0 Å². The fourth-order valence-electron chi connectivity index (χ4n) is 1.55. The smallest absolute Gasteiger partial charge is 0.198 e. The third kappa shape index (κ3) is 3.39. The maximum Gasteiger partial charge on any atom is 0.299 e. The van der Waals surface area contributed by atoms with E-state index in [2.05, 4.69) is 16.2 Å². The maximum atomic E-state index is 12.0. The zero-order chi connectivity index (χ0) is 14.6. The summed E-state index contributed by atoms with van der Waals surface area (Å²) in [6.07, 6.45) is 0. The summed E-state index contributed by atoms with van der Waals surface area (Å²) in [6.45, 7) is 5.60. The van der Waals surface area contributed by atoms with E-state index in [4.69, 9.17) is 0 Å². The van der Waals surface area contributed by atoms with Gasteiger partial charge in [0.25, 0.3) is 10.0 Å². The highest BCUT2D eigenvalue weighted by Gasteiger charge is 2.12. The predicted octanol–water partition coefficient (Wildman–Crippen LogP) is 3.81. The molecule has 20 heavy (non-hydrogen) atoms. The maximum absolute atomic E-state index is 12.0. The van der Waals surface area contributed by atoms with Crippen molar-refractivity contribution in [3.8, 4) is 0 Å². The second kappa shape index (κ2) is 5.79.